The van der Waals surface area contributed by atoms with E-state index in [1.54, 1.807) is 6.20 Å². The van der Waals surface area contributed by atoms with E-state index in [9.17, 15) is 9.18 Å². The summed E-state index contributed by atoms with van der Waals surface area (Å²) in [5.74, 6) is 0.464. The topological polar surface area (TPSA) is 60.9 Å². The zero-order valence-corrected chi connectivity index (χ0v) is 20.6. The second kappa shape index (κ2) is 10.4. The molecule has 2 aromatic rings. The Hall–Kier alpha value is -2.51. The van der Waals surface area contributed by atoms with Gasteiger partial charge >= 0.3 is 0 Å². The Balaban J connectivity index is 1.45. The highest BCUT2D eigenvalue weighted by Crippen LogP contribution is 2.44. The SMILES string of the molecule is CCO[C@@H]1C[C@H](c2cncc(F)c2)OC2(CCN(C(=O)c3ccc(OC(C)C)c(C)c3)CC2)C1. The maximum atomic E-state index is 13.8. The van der Waals surface area contributed by atoms with Gasteiger partial charge in [-0.05, 0) is 70.4 Å². The van der Waals surface area contributed by atoms with Crippen molar-refractivity contribution >= 4 is 5.91 Å². The van der Waals surface area contributed by atoms with Crippen LogP contribution in [0.1, 0.15) is 74.0 Å². The molecular formula is C27H35FN2O4. The highest BCUT2D eigenvalue weighted by atomic mass is 19.1. The number of aryl methyl sites for hydroxylation is 1. The van der Waals surface area contributed by atoms with Crippen LogP contribution in [0.15, 0.2) is 36.7 Å². The Morgan fingerprint density at radius 3 is 2.68 bits per heavy atom. The molecule has 4 rings (SSSR count). The van der Waals surface area contributed by atoms with Gasteiger partial charge in [-0.25, -0.2) is 4.39 Å². The van der Waals surface area contributed by atoms with E-state index >= 15 is 0 Å². The van der Waals surface area contributed by atoms with Gasteiger partial charge in [-0.1, -0.05) is 0 Å². The number of rotatable bonds is 6. The predicted molar refractivity (Wildman–Crippen MR) is 127 cm³/mol. The first-order valence-corrected chi connectivity index (χ1v) is 12.2. The molecule has 6 nitrogen and oxygen atoms in total. The van der Waals surface area contributed by atoms with E-state index in [2.05, 4.69) is 4.98 Å². The number of amides is 1. The molecule has 1 spiro atoms. The van der Waals surface area contributed by atoms with E-state index in [1.165, 1.54) is 12.3 Å². The molecule has 0 saturated carbocycles. The van der Waals surface area contributed by atoms with Crippen molar-refractivity contribution in [2.45, 2.75) is 77.3 Å². The summed E-state index contributed by atoms with van der Waals surface area (Å²) in [5, 5.41) is 0. The summed E-state index contributed by atoms with van der Waals surface area (Å²) in [6.45, 7) is 9.76. The van der Waals surface area contributed by atoms with Crippen LogP contribution in [0.5, 0.6) is 5.75 Å². The zero-order chi connectivity index (χ0) is 24.3. The molecular weight excluding hydrogens is 435 g/mol. The number of benzene rings is 1. The van der Waals surface area contributed by atoms with Gasteiger partial charge in [0.15, 0.2) is 0 Å². The Morgan fingerprint density at radius 1 is 1.26 bits per heavy atom. The van der Waals surface area contributed by atoms with Gasteiger partial charge in [-0.3, -0.25) is 9.78 Å². The number of pyridine rings is 1. The van der Waals surface area contributed by atoms with Crippen molar-refractivity contribution in [3.05, 3.63) is 59.2 Å². The van der Waals surface area contributed by atoms with Crippen molar-refractivity contribution in [3.63, 3.8) is 0 Å². The Morgan fingerprint density at radius 2 is 2.03 bits per heavy atom. The van der Waals surface area contributed by atoms with Crippen molar-refractivity contribution in [1.82, 2.24) is 9.88 Å². The highest BCUT2D eigenvalue weighted by molar-refractivity contribution is 5.94. The van der Waals surface area contributed by atoms with Gasteiger partial charge in [0.1, 0.15) is 11.6 Å². The van der Waals surface area contributed by atoms with Crippen molar-refractivity contribution in [1.29, 1.82) is 0 Å². The molecule has 2 aliphatic rings. The number of likely N-dealkylation sites (tertiary alicyclic amines) is 1. The first-order chi connectivity index (χ1) is 16.3. The van der Waals surface area contributed by atoms with Gasteiger partial charge in [-0.2, -0.15) is 0 Å². The number of carbonyl (C=O) groups excluding carboxylic acids is 1. The fraction of sp³-hybridized carbons (Fsp3) is 0.556. The third-order valence-electron chi connectivity index (χ3n) is 6.72. The summed E-state index contributed by atoms with van der Waals surface area (Å²) in [5.41, 5.74) is 1.97. The van der Waals surface area contributed by atoms with Gasteiger partial charge in [0, 0.05) is 49.9 Å². The molecule has 2 atom stereocenters. The van der Waals surface area contributed by atoms with E-state index in [1.807, 2.05) is 50.8 Å². The second-order valence-electron chi connectivity index (χ2n) is 9.68. The molecule has 7 heteroatoms. The molecule has 0 aliphatic carbocycles. The minimum absolute atomic E-state index is 0.0251. The molecule has 0 bridgehead atoms. The van der Waals surface area contributed by atoms with Crippen LogP contribution in [-0.4, -0.2) is 53.3 Å². The minimum atomic E-state index is -0.392. The van der Waals surface area contributed by atoms with Crippen molar-refractivity contribution in [2.75, 3.05) is 19.7 Å². The smallest absolute Gasteiger partial charge is 0.253 e. The van der Waals surface area contributed by atoms with E-state index in [0.717, 1.165) is 36.1 Å². The minimum Gasteiger partial charge on any atom is -0.491 e. The fourth-order valence-corrected chi connectivity index (χ4v) is 5.10. The van der Waals surface area contributed by atoms with E-state index in [0.29, 0.717) is 31.7 Å². The molecule has 3 heterocycles. The fourth-order valence-electron chi connectivity index (χ4n) is 5.10. The van der Waals surface area contributed by atoms with Crippen LogP contribution in [0.3, 0.4) is 0 Å². The number of piperidine rings is 1. The molecule has 2 saturated heterocycles. The van der Waals surface area contributed by atoms with E-state index in [4.69, 9.17) is 14.2 Å². The maximum absolute atomic E-state index is 13.8. The number of carbonyl (C=O) groups is 1. The van der Waals surface area contributed by atoms with Gasteiger partial charge in [0.05, 0.1) is 30.1 Å². The Kier molecular flexibility index (Phi) is 7.53. The van der Waals surface area contributed by atoms with Crippen LogP contribution >= 0.6 is 0 Å². The van der Waals surface area contributed by atoms with Crippen LogP contribution in [-0.2, 0) is 9.47 Å². The summed E-state index contributed by atoms with van der Waals surface area (Å²) in [6, 6.07) is 7.11. The molecule has 2 fully saturated rings. The Labute approximate surface area is 201 Å². The van der Waals surface area contributed by atoms with E-state index < -0.39 is 5.60 Å². The van der Waals surface area contributed by atoms with Gasteiger partial charge in [0.2, 0.25) is 0 Å². The predicted octanol–water partition coefficient (Wildman–Crippen LogP) is 5.25. The summed E-state index contributed by atoms with van der Waals surface area (Å²) in [4.78, 5) is 19.1. The van der Waals surface area contributed by atoms with Crippen molar-refractivity contribution < 1.29 is 23.4 Å². The van der Waals surface area contributed by atoms with Gasteiger partial charge < -0.3 is 19.1 Å². The monoisotopic (exact) mass is 470 g/mol. The number of ether oxygens (including phenoxy) is 3. The molecule has 2 aliphatic heterocycles. The molecule has 0 radical (unpaired) electrons. The van der Waals surface area contributed by atoms with Gasteiger partial charge in [-0.15, -0.1) is 0 Å². The van der Waals surface area contributed by atoms with Crippen molar-refractivity contribution in [3.8, 4) is 5.75 Å². The summed E-state index contributed by atoms with van der Waals surface area (Å²) < 4.78 is 32.2. The summed E-state index contributed by atoms with van der Waals surface area (Å²) in [7, 11) is 0. The highest BCUT2D eigenvalue weighted by Gasteiger charge is 2.45. The second-order valence-corrected chi connectivity index (χ2v) is 9.68. The van der Waals surface area contributed by atoms with E-state index in [-0.39, 0.29) is 30.0 Å². The largest absolute Gasteiger partial charge is 0.491 e. The molecule has 1 aromatic heterocycles. The lowest BCUT2D eigenvalue weighted by Gasteiger charge is -2.48. The number of hydrogen-bond acceptors (Lipinski definition) is 5. The third kappa shape index (κ3) is 5.58. The standard InChI is InChI=1S/C27H35FN2O4/c1-5-32-23-14-25(21-13-22(28)17-29-16-21)34-27(15-23)8-10-30(11-9-27)26(31)20-6-7-24(19(4)12-20)33-18(2)3/h6-7,12-13,16-18,23,25H,5,8-11,14-15H2,1-4H3/t23-,25-/m1/s1. The van der Waals surface area contributed by atoms with Crippen LogP contribution in [0.4, 0.5) is 4.39 Å². The lowest BCUT2D eigenvalue weighted by molar-refractivity contribution is -0.190. The number of halogens is 1. The van der Waals surface area contributed by atoms with Crippen LogP contribution < -0.4 is 4.74 Å². The van der Waals surface area contributed by atoms with Crippen LogP contribution in [0, 0.1) is 12.7 Å². The van der Waals surface area contributed by atoms with Crippen molar-refractivity contribution in [2.24, 2.45) is 0 Å². The lowest BCUT2D eigenvalue weighted by atomic mass is 9.80. The molecule has 184 valence electrons. The molecule has 1 amide bonds. The van der Waals surface area contributed by atoms with Crippen LogP contribution in [0.2, 0.25) is 0 Å². The number of hydrogen-bond donors (Lipinski definition) is 0. The first kappa shape index (κ1) is 24.6. The average molecular weight is 471 g/mol. The average Bonchev–Trinajstić information content (AvgIpc) is 2.80. The zero-order valence-electron chi connectivity index (χ0n) is 20.6. The van der Waals surface area contributed by atoms with Gasteiger partial charge in [0.25, 0.3) is 5.91 Å². The lowest BCUT2D eigenvalue weighted by Crippen LogP contribution is -2.52. The molecule has 0 N–H and O–H groups in total. The number of nitrogens with zero attached hydrogens (tertiary/aromatic N) is 2. The maximum Gasteiger partial charge on any atom is 0.253 e. The molecule has 1 aromatic carbocycles. The molecule has 34 heavy (non-hydrogen) atoms. The normalized spacial score (nSPS) is 22.2. The number of aromatic nitrogens is 1. The quantitative estimate of drug-likeness (QED) is 0.577. The first-order valence-electron chi connectivity index (χ1n) is 12.2. The Bertz CT molecular complexity index is 1000. The molecule has 0 unspecified atom stereocenters. The summed E-state index contributed by atoms with van der Waals surface area (Å²) >= 11 is 0. The third-order valence-corrected chi connectivity index (χ3v) is 6.72. The van der Waals surface area contributed by atoms with Crippen LogP contribution in [0.25, 0.3) is 0 Å². The summed E-state index contributed by atoms with van der Waals surface area (Å²) in [6.07, 6.45) is 5.61.